The summed E-state index contributed by atoms with van der Waals surface area (Å²) in [5.41, 5.74) is 0. The van der Waals surface area contributed by atoms with Gasteiger partial charge >= 0.3 is 12.1 Å². The first-order chi connectivity index (χ1) is 12.6. The molecular formula is C21H18O5. The van der Waals surface area contributed by atoms with E-state index in [-0.39, 0.29) is 5.97 Å². The number of carbonyl (C=O) groups excluding carboxylic acids is 2. The molecule has 3 aromatic rings. The van der Waals surface area contributed by atoms with Gasteiger partial charge < -0.3 is 14.2 Å². The summed E-state index contributed by atoms with van der Waals surface area (Å²) < 4.78 is 14.7. The second-order valence-corrected chi connectivity index (χ2v) is 4.99. The Bertz CT molecular complexity index is 758. The standard InChI is InChI=1S/C13H10O3.C8H8O2/c14-13(15-11-7-3-1-4-8-11)16-12-9-5-2-6-10-12;1-7(9)10-8-5-3-2-4-6-8/h1-10H;2-6H,1H3. The third kappa shape index (κ3) is 7.31. The summed E-state index contributed by atoms with van der Waals surface area (Å²) in [6, 6.07) is 26.5. The zero-order chi connectivity index (χ0) is 18.6. The van der Waals surface area contributed by atoms with Gasteiger partial charge in [0, 0.05) is 6.92 Å². The van der Waals surface area contributed by atoms with Crippen molar-refractivity contribution in [1.82, 2.24) is 0 Å². The molecule has 0 amide bonds. The van der Waals surface area contributed by atoms with Crippen LogP contribution in [0.4, 0.5) is 4.79 Å². The van der Waals surface area contributed by atoms with E-state index in [0.717, 1.165) is 0 Å². The molecule has 3 aromatic carbocycles. The molecule has 0 aliphatic rings. The largest absolute Gasteiger partial charge is 0.519 e. The predicted octanol–water partition coefficient (Wildman–Crippen LogP) is 4.88. The average molecular weight is 350 g/mol. The molecule has 0 bridgehead atoms. The summed E-state index contributed by atoms with van der Waals surface area (Å²) in [5.74, 6) is 1.23. The van der Waals surface area contributed by atoms with Crippen molar-refractivity contribution in [3.63, 3.8) is 0 Å². The molecule has 5 heteroatoms. The highest BCUT2D eigenvalue weighted by molar-refractivity contribution is 5.69. The van der Waals surface area contributed by atoms with E-state index in [9.17, 15) is 9.59 Å². The lowest BCUT2D eigenvalue weighted by Gasteiger charge is -2.04. The summed E-state index contributed by atoms with van der Waals surface area (Å²) in [5, 5.41) is 0. The third-order valence-electron chi connectivity index (χ3n) is 2.89. The van der Waals surface area contributed by atoms with Crippen LogP contribution in [0.15, 0.2) is 91.0 Å². The number of rotatable bonds is 3. The van der Waals surface area contributed by atoms with Gasteiger partial charge in [0.2, 0.25) is 0 Å². The molecule has 0 saturated carbocycles. The zero-order valence-electron chi connectivity index (χ0n) is 14.2. The maximum Gasteiger partial charge on any atom is 0.519 e. The smallest absolute Gasteiger partial charge is 0.427 e. The molecule has 0 atom stereocenters. The maximum atomic E-state index is 11.3. The molecule has 132 valence electrons. The molecule has 0 aromatic heterocycles. The van der Waals surface area contributed by atoms with Crippen LogP contribution in [0, 0.1) is 0 Å². The van der Waals surface area contributed by atoms with Crippen molar-refractivity contribution in [2.75, 3.05) is 0 Å². The van der Waals surface area contributed by atoms with Crippen molar-refractivity contribution in [3.8, 4) is 17.2 Å². The minimum absolute atomic E-state index is 0.286. The Kier molecular flexibility index (Phi) is 7.42. The lowest BCUT2D eigenvalue weighted by atomic mass is 10.3. The van der Waals surface area contributed by atoms with Crippen LogP contribution in [0.3, 0.4) is 0 Å². The van der Waals surface area contributed by atoms with Crippen molar-refractivity contribution >= 4 is 12.1 Å². The van der Waals surface area contributed by atoms with Crippen molar-refractivity contribution in [2.24, 2.45) is 0 Å². The van der Waals surface area contributed by atoms with Crippen molar-refractivity contribution in [3.05, 3.63) is 91.0 Å². The Morgan fingerprint density at radius 1 is 0.538 bits per heavy atom. The van der Waals surface area contributed by atoms with Gasteiger partial charge in [-0.3, -0.25) is 4.79 Å². The van der Waals surface area contributed by atoms with E-state index in [1.54, 1.807) is 60.7 Å². The predicted molar refractivity (Wildman–Crippen MR) is 97.3 cm³/mol. The fourth-order valence-corrected chi connectivity index (χ4v) is 1.84. The Morgan fingerprint density at radius 3 is 1.15 bits per heavy atom. The second-order valence-electron chi connectivity index (χ2n) is 4.99. The third-order valence-corrected chi connectivity index (χ3v) is 2.89. The molecule has 0 radical (unpaired) electrons. The first kappa shape index (κ1) is 18.7. The first-order valence-electron chi connectivity index (χ1n) is 7.87. The molecule has 0 aliphatic carbocycles. The lowest BCUT2D eigenvalue weighted by molar-refractivity contribution is -0.131. The topological polar surface area (TPSA) is 61.8 Å². The van der Waals surface area contributed by atoms with Crippen LogP contribution in [-0.4, -0.2) is 12.1 Å². The molecule has 0 saturated heterocycles. The number of para-hydroxylation sites is 3. The molecule has 3 rings (SSSR count). The summed E-state index contributed by atoms with van der Waals surface area (Å²) in [6.07, 6.45) is -0.739. The number of esters is 1. The fraction of sp³-hybridized carbons (Fsp3) is 0.0476. The Labute approximate surface area is 151 Å². The van der Waals surface area contributed by atoms with Crippen LogP contribution in [0.5, 0.6) is 17.2 Å². The van der Waals surface area contributed by atoms with Crippen LogP contribution in [0.2, 0.25) is 0 Å². The minimum atomic E-state index is -0.739. The SMILES string of the molecule is CC(=O)Oc1ccccc1.O=C(Oc1ccccc1)Oc1ccccc1. The van der Waals surface area contributed by atoms with Crippen LogP contribution in [0.25, 0.3) is 0 Å². The minimum Gasteiger partial charge on any atom is -0.427 e. The van der Waals surface area contributed by atoms with Gasteiger partial charge in [0.15, 0.2) is 0 Å². The molecule has 0 N–H and O–H groups in total. The Hall–Kier alpha value is -3.60. The molecular weight excluding hydrogens is 332 g/mol. The molecule has 5 nitrogen and oxygen atoms in total. The monoisotopic (exact) mass is 350 g/mol. The van der Waals surface area contributed by atoms with Gasteiger partial charge in [-0.25, -0.2) is 4.79 Å². The molecule has 26 heavy (non-hydrogen) atoms. The number of hydrogen-bond acceptors (Lipinski definition) is 5. The Morgan fingerprint density at radius 2 is 0.846 bits per heavy atom. The van der Waals surface area contributed by atoms with E-state index in [4.69, 9.17) is 14.2 Å². The summed E-state index contributed by atoms with van der Waals surface area (Å²) in [4.78, 5) is 21.7. The molecule has 0 fully saturated rings. The highest BCUT2D eigenvalue weighted by Gasteiger charge is 2.06. The molecule has 0 spiro atoms. The van der Waals surface area contributed by atoms with Gasteiger partial charge in [-0.2, -0.15) is 0 Å². The molecule has 0 unspecified atom stereocenters. The Balaban J connectivity index is 0.000000209. The first-order valence-corrected chi connectivity index (χ1v) is 7.87. The maximum absolute atomic E-state index is 11.3. The summed E-state index contributed by atoms with van der Waals surface area (Å²) in [7, 11) is 0. The zero-order valence-corrected chi connectivity index (χ0v) is 14.2. The van der Waals surface area contributed by atoms with Crippen LogP contribution < -0.4 is 14.2 Å². The average Bonchev–Trinajstić information content (AvgIpc) is 2.64. The summed E-state index contributed by atoms with van der Waals surface area (Å²) >= 11 is 0. The van der Waals surface area contributed by atoms with Crippen molar-refractivity contribution in [2.45, 2.75) is 6.92 Å². The number of ether oxygens (including phenoxy) is 3. The quantitative estimate of drug-likeness (QED) is 0.383. The lowest BCUT2D eigenvalue weighted by Crippen LogP contribution is -2.13. The van der Waals surface area contributed by atoms with Gasteiger partial charge in [-0.05, 0) is 36.4 Å². The number of carbonyl (C=O) groups is 2. The fourth-order valence-electron chi connectivity index (χ4n) is 1.84. The normalized spacial score (nSPS) is 9.27. The molecule has 0 heterocycles. The van der Waals surface area contributed by atoms with E-state index < -0.39 is 6.16 Å². The van der Waals surface area contributed by atoms with E-state index in [0.29, 0.717) is 17.2 Å². The number of hydrogen-bond donors (Lipinski definition) is 0. The summed E-state index contributed by atoms with van der Waals surface area (Å²) in [6.45, 7) is 1.38. The van der Waals surface area contributed by atoms with Gasteiger partial charge in [0.25, 0.3) is 0 Å². The van der Waals surface area contributed by atoms with E-state index in [1.807, 2.05) is 30.3 Å². The molecule has 0 aliphatic heterocycles. The van der Waals surface area contributed by atoms with Gasteiger partial charge in [0.05, 0.1) is 0 Å². The van der Waals surface area contributed by atoms with Gasteiger partial charge in [-0.1, -0.05) is 54.6 Å². The van der Waals surface area contributed by atoms with Crippen LogP contribution >= 0.6 is 0 Å². The van der Waals surface area contributed by atoms with Crippen molar-refractivity contribution < 1.29 is 23.8 Å². The van der Waals surface area contributed by atoms with Crippen LogP contribution in [-0.2, 0) is 4.79 Å². The highest BCUT2D eigenvalue weighted by atomic mass is 16.7. The van der Waals surface area contributed by atoms with Gasteiger partial charge in [0.1, 0.15) is 17.2 Å². The van der Waals surface area contributed by atoms with Crippen molar-refractivity contribution in [1.29, 1.82) is 0 Å². The van der Waals surface area contributed by atoms with E-state index in [2.05, 4.69) is 0 Å². The highest BCUT2D eigenvalue weighted by Crippen LogP contribution is 2.12. The number of benzene rings is 3. The van der Waals surface area contributed by atoms with E-state index in [1.165, 1.54) is 6.92 Å². The van der Waals surface area contributed by atoms with Crippen LogP contribution in [0.1, 0.15) is 6.92 Å². The van der Waals surface area contributed by atoms with E-state index >= 15 is 0 Å². The van der Waals surface area contributed by atoms with Gasteiger partial charge in [-0.15, -0.1) is 0 Å². The second kappa shape index (κ2) is 10.3.